The molecule has 4 nitrogen and oxygen atoms in total. The summed E-state index contributed by atoms with van der Waals surface area (Å²) in [4.78, 5) is 10.5. The number of nitrogens with one attached hydrogen (secondary N) is 1. The fourth-order valence-electron chi connectivity index (χ4n) is 0.413. The van der Waals surface area contributed by atoms with E-state index in [-0.39, 0.29) is 6.29 Å². The summed E-state index contributed by atoms with van der Waals surface area (Å²) in [6, 6.07) is 0. The molecule has 0 saturated carbocycles. The van der Waals surface area contributed by atoms with Crippen LogP contribution in [0.3, 0.4) is 0 Å². The number of epoxide rings is 1. The van der Waals surface area contributed by atoms with Gasteiger partial charge < -0.3 is 14.8 Å². The Hall–Kier alpha value is -0.770. The van der Waals surface area contributed by atoms with Gasteiger partial charge in [0.2, 0.25) is 6.29 Å². The first-order valence-corrected chi connectivity index (χ1v) is 2.89. The number of amides is 1. The predicted octanol–water partition coefficient (Wildman–Crippen LogP) is 0.0888. The lowest BCUT2D eigenvalue weighted by molar-refractivity contribution is 0.0928. The van der Waals surface area contributed by atoms with E-state index in [9.17, 15) is 4.79 Å². The van der Waals surface area contributed by atoms with Crippen molar-refractivity contribution in [3.8, 4) is 0 Å². The van der Waals surface area contributed by atoms with Gasteiger partial charge in [0, 0.05) is 6.54 Å². The highest BCUT2D eigenvalue weighted by Gasteiger charge is 2.26. The summed E-state index contributed by atoms with van der Waals surface area (Å²) in [6.07, 6.45) is -0.684. The zero-order valence-electron chi connectivity index (χ0n) is 5.22. The Morgan fingerprint density at radius 3 is 3.11 bits per heavy atom. The Morgan fingerprint density at radius 2 is 2.67 bits per heavy atom. The molecule has 1 aliphatic heterocycles. The summed E-state index contributed by atoms with van der Waals surface area (Å²) in [5.41, 5.74) is 0. The molecule has 0 aromatic carbocycles. The summed E-state index contributed by atoms with van der Waals surface area (Å²) in [5, 5.41) is 2.48. The minimum atomic E-state index is -0.403. The number of alkyl carbamates (subject to hydrolysis) is 1. The predicted molar refractivity (Wildman–Crippen MR) is 29.9 cm³/mol. The van der Waals surface area contributed by atoms with E-state index in [1.54, 1.807) is 0 Å². The number of carbonyl (C=O) groups excluding carboxylic acids is 1. The third kappa shape index (κ3) is 2.32. The summed E-state index contributed by atoms with van der Waals surface area (Å²) < 4.78 is 9.27. The highest BCUT2D eigenvalue weighted by atomic mass is 16.8. The molecule has 0 aromatic rings. The van der Waals surface area contributed by atoms with Crippen molar-refractivity contribution < 1.29 is 14.3 Å². The molecular weight excluding hydrogens is 122 g/mol. The molecule has 1 fully saturated rings. The molecule has 0 spiro atoms. The van der Waals surface area contributed by atoms with E-state index < -0.39 is 6.09 Å². The molecule has 1 atom stereocenters. The van der Waals surface area contributed by atoms with Gasteiger partial charge in [-0.15, -0.1) is 0 Å². The summed E-state index contributed by atoms with van der Waals surface area (Å²) in [5.74, 6) is 0. The van der Waals surface area contributed by atoms with E-state index in [0.29, 0.717) is 13.2 Å². The molecule has 1 unspecified atom stereocenters. The van der Waals surface area contributed by atoms with Gasteiger partial charge in [-0.05, 0) is 6.92 Å². The molecule has 0 radical (unpaired) electrons. The van der Waals surface area contributed by atoms with Gasteiger partial charge in [-0.1, -0.05) is 0 Å². The highest BCUT2D eigenvalue weighted by molar-refractivity contribution is 5.67. The van der Waals surface area contributed by atoms with Gasteiger partial charge in [-0.2, -0.15) is 0 Å². The third-order valence-electron chi connectivity index (χ3n) is 0.862. The second-order valence-electron chi connectivity index (χ2n) is 1.70. The molecular formula is C5H9NO3. The maximum atomic E-state index is 10.5. The van der Waals surface area contributed by atoms with Crippen LogP contribution in [0.25, 0.3) is 0 Å². The molecule has 1 rings (SSSR count). The Morgan fingerprint density at radius 1 is 2.00 bits per heavy atom. The largest absolute Gasteiger partial charge is 0.417 e. The summed E-state index contributed by atoms with van der Waals surface area (Å²) >= 11 is 0. The van der Waals surface area contributed by atoms with Crippen molar-refractivity contribution >= 4 is 6.09 Å². The van der Waals surface area contributed by atoms with E-state index in [4.69, 9.17) is 0 Å². The van der Waals surface area contributed by atoms with E-state index in [1.807, 2.05) is 6.92 Å². The fraction of sp³-hybridized carbons (Fsp3) is 0.800. The average molecular weight is 131 g/mol. The lowest BCUT2D eigenvalue weighted by Gasteiger charge is -1.99. The van der Waals surface area contributed by atoms with Gasteiger partial charge in [-0.25, -0.2) is 4.79 Å². The van der Waals surface area contributed by atoms with Crippen LogP contribution in [0.2, 0.25) is 0 Å². The smallest absolute Gasteiger partial charge is 0.409 e. The van der Waals surface area contributed by atoms with Crippen LogP contribution in [0, 0.1) is 0 Å². The van der Waals surface area contributed by atoms with Gasteiger partial charge in [-0.3, -0.25) is 0 Å². The average Bonchev–Trinajstić information content (AvgIpc) is 2.50. The molecule has 1 saturated heterocycles. The number of hydrogen-bond acceptors (Lipinski definition) is 3. The van der Waals surface area contributed by atoms with Crippen LogP contribution in [-0.2, 0) is 9.47 Å². The quantitative estimate of drug-likeness (QED) is 0.540. The van der Waals surface area contributed by atoms with Crippen LogP contribution in [0.1, 0.15) is 6.92 Å². The van der Waals surface area contributed by atoms with Crippen LogP contribution < -0.4 is 5.32 Å². The molecule has 1 heterocycles. The third-order valence-corrected chi connectivity index (χ3v) is 0.862. The molecule has 52 valence electrons. The zero-order valence-corrected chi connectivity index (χ0v) is 5.22. The molecule has 0 aromatic heterocycles. The van der Waals surface area contributed by atoms with E-state index in [2.05, 4.69) is 14.8 Å². The van der Waals surface area contributed by atoms with Crippen molar-refractivity contribution in [3.63, 3.8) is 0 Å². The Labute approximate surface area is 53.1 Å². The molecule has 0 bridgehead atoms. The summed E-state index contributed by atoms with van der Waals surface area (Å²) in [7, 11) is 0. The monoisotopic (exact) mass is 131 g/mol. The van der Waals surface area contributed by atoms with Crippen LogP contribution in [0.5, 0.6) is 0 Å². The molecule has 0 aliphatic carbocycles. The minimum Gasteiger partial charge on any atom is -0.417 e. The van der Waals surface area contributed by atoms with Crippen LogP contribution in [-0.4, -0.2) is 25.5 Å². The number of carbonyl (C=O) groups is 1. The topological polar surface area (TPSA) is 50.9 Å². The SMILES string of the molecule is CCNC(=O)OC1CO1. The Kier molecular flexibility index (Phi) is 1.89. The van der Waals surface area contributed by atoms with Crippen molar-refractivity contribution in [3.05, 3.63) is 0 Å². The van der Waals surface area contributed by atoms with E-state index in [0.717, 1.165) is 0 Å². The molecule has 1 aliphatic rings. The van der Waals surface area contributed by atoms with Crippen molar-refractivity contribution in [1.29, 1.82) is 0 Å². The maximum Gasteiger partial charge on any atom is 0.409 e. The first kappa shape index (κ1) is 6.35. The fourth-order valence-corrected chi connectivity index (χ4v) is 0.413. The minimum absolute atomic E-state index is 0.281. The Balaban J connectivity index is 2.02. The van der Waals surface area contributed by atoms with Crippen molar-refractivity contribution in [2.24, 2.45) is 0 Å². The molecule has 1 N–H and O–H groups in total. The second-order valence-corrected chi connectivity index (χ2v) is 1.70. The maximum absolute atomic E-state index is 10.5. The number of rotatable bonds is 2. The van der Waals surface area contributed by atoms with Crippen molar-refractivity contribution in [2.75, 3.05) is 13.2 Å². The standard InChI is InChI=1S/C5H9NO3/c1-2-6-5(7)9-4-3-8-4/h4H,2-3H2,1H3,(H,6,7). The second kappa shape index (κ2) is 2.68. The first-order valence-electron chi connectivity index (χ1n) is 2.89. The molecule has 1 amide bonds. The summed E-state index contributed by atoms with van der Waals surface area (Å²) in [6.45, 7) is 2.96. The normalized spacial score (nSPS) is 23.0. The van der Waals surface area contributed by atoms with E-state index >= 15 is 0 Å². The van der Waals surface area contributed by atoms with Gasteiger partial charge in [0.05, 0.1) is 0 Å². The van der Waals surface area contributed by atoms with Crippen LogP contribution in [0.15, 0.2) is 0 Å². The van der Waals surface area contributed by atoms with Crippen LogP contribution in [0.4, 0.5) is 4.79 Å². The van der Waals surface area contributed by atoms with E-state index in [1.165, 1.54) is 0 Å². The Bertz CT molecular complexity index is 111. The number of ether oxygens (including phenoxy) is 2. The van der Waals surface area contributed by atoms with Crippen LogP contribution >= 0.6 is 0 Å². The van der Waals surface area contributed by atoms with Gasteiger partial charge in [0.25, 0.3) is 0 Å². The molecule has 9 heavy (non-hydrogen) atoms. The van der Waals surface area contributed by atoms with Gasteiger partial charge in [0.15, 0.2) is 0 Å². The highest BCUT2D eigenvalue weighted by Crippen LogP contribution is 2.09. The zero-order chi connectivity index (χ0) is 6.69. The van der Waals surface area contributed by atoms with Gasteiger partial charge >= 0.3 is 6.09 Å². The van der Waals surface area contributed by atoms with Crippen molar-refractivity contribution in [2.45, 2.75) is 13.2 Å². The molecule has 4 heteroatoms. The first-order chi connectivity index (χ1) is 4.33. The lowest BCUT2D eigenvalue weighted by Crippen LogP contribution is -2.24. The van der Waals surface area contributed by atoms with Gasteiger partial charge in [0.1, 0.15) is 6.61 Å². The number of hydrogen-bond donors (Lipinski definition) is 1. The van der Waals surface area contributed by atoms with Crippen molar-refractivity contribution in [1.82, 2.24) is 5.32 Å². The lowest BCUT2D eigenvalue weighted by atomic mass is 10.7.